The molecule has 0 radical (unpaired) electrons. The van der Waals surface area contributed by atoms with Crippen molar-refractivity contribution >= 4 is 149 Å². The van der Waals surface area contributed by atoms with Crippen LogP contribution in [0.1, 0.15) is 52.4 Å². The molecule has 6 saturated heterocycles. The van der Waals surface area contributed by atoms with Crippen molar-refractivity contribution in [1.82, 2.24) is 63.8 Å². The lowest BCUT2D eigenvalue weighted by molar-refractivity contribution is -0.0516. The lowest BCUT2D eigenvalue weighted by atomic mass is 9.87. The SMILES string of the molecule is C=C1NC(=O)NC=C1[C@@H]1O[C@H](CCP(=C)(C)C)[C@@H](O)[C@@]1(C)O.C=C1NC(=O)NC=C1[C@@H]1O[C@H](CCP(=C)(C)C)[C@@H](O)[C@H]1C.C=C1NC(=O)NC=C1[C@@H]1O[C@H](CCP(=C)(C)C)[C@@H](O)[C@H]1Cl.C=C1NC(=O)NC=C1[C@@H]1O[C@H](CCP(=C)(C)C)[C@@H](O)[C@H]1I.C=C1NC(=O)NC=C1[C@@H]1O[C@H](CCP(=C)(C)C)[C@@H](O)[C@H]1OC.C=C1NC(=O)NC=C1[C@@H]1O[C@H](CCP(=C)(C)C)[C@@H](O)[C@H]1OC. The molecule has 0 bridgehead atoms. The fraction of sp³-hybridized carbons (Fsp3) is 0.591. The molecule has 33 nitrogen and oxygen atoms in total. The maximum atomic E-state index is 11.3. The first-order valence-electron chi connectivity index (χ1n) is 42.5. The van der Waals surface area contributed by atoms with Gasteiger partial charge >= 0.3 is 36.2 Å². The zero-order chi connectivity index (χ0) is 97.0. The molecule has 129 heavy (non-hydrogen) atoms. The van der Waals surface area contributed by atoms with E-state index in [4.69, 9.17) is 49.5 Å². The second-order valence-electron chi connectivity index (χ2n) is 38.6. The summed E-state index contributed by atoms with van der Waals surface area (Å²) in [4.78, 5) is 67.5. The van der Waals surface area contributed by atoms with E-state index in [1.54, 1.807) is 39.0 Å². The van der Waals surface area contributed by atoms with Crippen molar-refractivity contribution in [3.05, 3.63) is 144 Å². The standard InChI is InChI=1S/3C15H25N2O4P.C15H25N2O3P.C14H22ClN2O3P.C14H22IN2O3P/c1-9-10(8-16-14(19)17-9)13-15(2,20)12(18)11(21-13)6-7-22(3,4)5;2*1-9-10(8-16-15(19)17-9)13-14(20-2)12(18)11(21-13)6-7-22(3,4)5;1-9-13(18)12(6-7-21(3,4)5)20-14(9)11-8-16-15(19)17-10(11)2;2*1-8-9(7-16-14(19)17-8)13-11(15)12(18)10(20-13)5-6-21(2,3)4/h8,11-13,18,20H,1,3,6-7H2,2,4-5H3,(H2,16,17,19);2*8,11-14,18H,1,3,6-7H2,2,4-5H3,(H2,16,17,19);8-9,12-14,18H,2-3,6-7H2,1,4-5H3,(H2,16,17,19);2*7,10-13,18H,1-2,5-6H2,3-4H3,(H2,16,17,19)/t11-,12-,13+,15-;2*11-,12-,13+,14-;9-,12-,13+,14-;2*10-,11-,12-,13+/m111111/s1. The molecule has 0 aliphatic carbocycles. The smallest absolute Gasteiger partial charge is 0.323 e. The predicted molar refractivity (Wildman–Crippen MR) is 542 cm³/mol. The van der Waals surface area contributed by atoms with E-state index in [0.717, 1.165) is 80.2 Å². The number of halogens is 2. The first kappa shape index (κ1) is 111. The summed E-state index contributed by atoms with van der Waals surface area (Å²) in [7, 11) is 3.09. The second-order valence-corrected chi connectivity index (χ2v) is 66.4. The summed E-state index contributed by atoms with van der Waals surface area (Å²) in [5.41, 5.74) is 5.54. The average molecular weight is 2050 g/mol. The Morgan fingerprint density at radius 1 is 0.364 bits per heavy atom. The molecule has 12 heterocycles. The largest absolute Gasteiger partial charge is 0.390 e. The van der Waals surface area contributed by atoms with Crippen LogP contribution >= 0.6 is 75.5 Å². The molecular formula is C88H144ClIN12O21P6. The highest BCUT2D eigenvalue weighted by Gasteiger charge is 2.55. The summed E-state index contributed by atoms with van der Waals surface area (Å²) in [6, 6.07) is -1.98. The number of hydrogen-bond donors (Lipinski definition) is 19. The van der Waals surface area contributed by atoms with Gasteiger partial charge < -0.3 is 137 Å². The summed E-state index contributed by atoms with van der Waals surface area (Å²) >= 11 is 8.51. The molecule has 24 atom stereocenters. The molecule has 726 valence electrons. The molecule has 0 aromatic carbocycles. The third kappa shape index (κ3) is 31.9. The van der Waals surface area contributed by atoms with Gasteiger partial charge in [0.05, 0.1) is 70.3 Å². The van der Waals surface area contributed by atoms with Gasteiger partial charge in [0.1, 0.15) is 66.6 Å². The molecule has 6 fully saturated rings. The van der Waals surface area contributed by atoms with Crippen LogP contribution in [0.2, 0.25) is 0 Å². The molecule has 0 unspecified atom stereocenters. The van der Waals surface area contributed by atoms with Crippen LogP contribution in [0, 0.1) is 5.92 Å². The second kappa shape index (κ2) is 46.5. The Morgan fingerprint density at radius 2 is 0.597 bits per heavy atom. The van der Waals surface area contributed by atoms with Gasteiger partial charge in [-0.25, -0.2) is 28.8 Å². The van der Waals surface area contributed by atoms with Gasteiger partial charge in [-0.1, -0.05) is 69.0 Å². The minimum absolute atomic E-state index is 0.0407. The van der Waals surface area contributed by atoms with E-state index in [9.17, 15) is 64.5 Å². The van der Waals surface area contributed by atoms with E-state index < -0.39 is 132 Å². The molecule has 0 aromatic rings. The van der Waals surface area contributed by atoms with Crippen molar-refractivity contribution in [1.29, 1.82) is 0 Å². The number of urea groups is 6. The Hall–Kier alpha value is -5.28. The third-order valence-electron chi connectivity index (χ3n) is 23.1. The number of ether oxygens (including phenoxy) is 8. The quantitative estimate of drug-likeness (QED) is 0.0228. The summed E-state index contributed by atoms with van der Waals surface area (Å²) < 4.78 is 46.7. The van der Waals surface area contributed by atoms with Gasteiger partial charge in [-0.2, -0.15) is 0 Å². The maximum absolute atomic E-state index is 11.3. The normalized spacial score (nSPS) is 33.5. The maximum Gasteiger partial charge on any atom is 0.323 e. The number of hydrogen-bond acceptors (Lipinski definition) is 21. The molecule has 12 aliphatic rings. The Labute approximate surface area is 781 Å². The number of aliphatic hydroxyl groups excluding tert-OH is 6. The van der Waals surface area contributed by atoms with Crippen LogP contribution in [0.5, 0.6) is 0 Å². The van der Waals surface area contributed by atoms with Crippen molar-refractivity contribution in [3.63, 3.8) is 0 Å². The Kier molecular flexibility index (Phi) is 39.9. The first-order valence-corrected chi connectivity index (χ1v) is 62.5. The van der Waals surface area contributed by atoms with E-state index in [0.29, 0.717) is 62.9 Å². The van der Waals surface area contributed by atoms with E-state index in [-0.39, 0.29) is 88.8 Å². The highest BCUT2D eigenvalue weighted by molar-refractivity contribution is 14.1. The van der Waals surface area contributed by atoms with Crippen LogP contribution in [-0.4, -0.2) is 378 Å². The van der Waals surface area contributed by atoms with E-state index >= 15 is 0 Å². The lowest BCUT2D eigenvalue weighted by Gasteiger charge is -2.30. The lowest BCUT2D eigenvalue weighted by Crippen LogP contribution is -2.49. The van der Waals surface area contributed by atoms with Crippen molar-refractivity contribution < 1.29 is 102 Å². The van der Waals surface area contributed by atoms with Crippen molar-refractivity contribution in [3.8, 4) is 0 Å². The monoisotopic (exact) mass is 2050 g/mol. The molecule has 0 aromatic heterocycles. The fourth-order valence-corrected chi connectivity index (χ4v) is 22.8. The molecule has 12 amide bonds. The average Bonchev–Trinajstić information content (AvgIpc) is 1.65. The van der Waals surface area contributed by atoms with E-state index in [1.165, 1.54) is 19.3 Å². The summed E-state index contributed by atoms with van der Waals surface area (Å²) in [6.07, 6.45) is 34.9. The molecular weight excluding hydrogens is 1910 g/mol. The summed E-state index contributed by atoms with van der Waals surface area (Å²) in [5.74, 6) is -0.0407. The predicted octanol–water partition coefficient (Wildman–Crippen LogP) is 7.37. The highest BCUT2D eigenvalue weighted by Crippen LogP contribution is 2.48. The van der Waals surface area contributed by atoms with Gasteiger partial charge in [-0.05, 0) is 162 Å². The van der Waals surface area contributed by atoms with Gasteiger partial charge in [0.2, 0.25) is 0 Å². The Morgan fingerprint density at radius 3 is 0.891 bits per heavy atom. The van der Waals surface area contributed by atoms with Crippen molar-refractivity contribution in [2.45, 2.75) is 189 Å². The van der Waals surface area contributed by atoms with Crippen molar-refractivity contribution in [2.75, 3.05) is 131 Å². The third-order valence-corrected chi connectivity index (χ3v) is 33.8. The topological polar surface area (TPSA) is 462 Å². The van der Waals surface area contributed by atoms with Gasteiger partial charge in [0.15, 0.2) is 0 Å². The molecule has 41 heteroatoms. The van der Waals surface area contributed by atoms with Crippen LogP contribution < -0.4 is 63.8 Å². The number of carbonyl (C=O) groups is 6. The molecule has 12 aliphatic heterocycles. The zero-order valence-electron chi connectivity index (χ0n) is 77.5. The van der Waals surface area contributed by atoms with Crippen LogP contribution in [0.4, 0.5) is 28.8 Å². The molecule has 12 rings (SSSR count). The van der Waals surface area contributed by atoms with Crippen LogP contribution in [0.3, 0.4) is 0 Å². The van der Waals surface area contributed by atoms with Gasteiger partial charge in [-0.15, -0.1) is 90.7 Å². The van der Waals surface area contributed by atoms with Gasteiger partial charge in [0, 0.05) is 125 Å². The zero-order valence-corrected chi connectivity index (χ0v) is 85.8. The van der Waals surface area contributed by atoms with E-state index in [1.807, 2.05) is 6.92 Å². The number of carbonyl (C=O) groups excluding carboxylic acids is 6. The van der Waals surface area contributed by atoms with Gasteiger partial charge in [-0.3, -0.25) is 0 Å². The Balaban J connectivity index is 0.000000212. The minimum Gasteiger partial charge on any atom is -0.390 e. The number of nitrogens with one attached hydrogen (secondary N) is 12. The number of methoxy groups -OCH3 is 2. The minimum atomic E-state index is -1.45. The van der Waals surface area contributed by atoms with E-state index in [2.05, 4.69) is 244 Å². The highest BCUT2D eigenvalue weighted by atomic mass is 127. The van der Waals surface area contributed by atoms with Gasteiger partial charge in [0.25, 0.3) is 0 Å². The fourth-order valence-electron chi connectivity index (χ4n) is 15.7. The summed E-state index contributed by atoms with van der Waals surface area (Å²) in [5, 5.41) is 103. The molecule has 19 N–H and O–H groups in total. The molecule has 0 spiro atoms. The van der Waals surface area contributed by atoms with Crippen LogP contribution in [0.25, 0.3) is 0 Å². The molecule has 0 saturated carbocycles. The van der Waals surface area contributed by atoms with Crippen LogP contribution in [-0.2, 0) is 37.9 Å². The first-order chi connectivity index (χ1) is 59.5. The number of aliphatic hydroxyl groups is 7. The van der Waals surface area contributed by atoms with Crippen LogP contribution in [0.15, 0.2) is 144 Å². The number of alkyl halides is 2. The number of rotatable bonds is 26. The van der Waals surface area contributed by atoms with Crippen molar-refractivity contribution in [2.24, 2.45) is 5.92 Å². The number of amides is 12. The Bertz CT molecular complexity index is 4390. The summed E-state index contributed by atoms with van der Waals surface area (Å²) in [6.45, 7) is 45.3.